The van der Waals surface area contributed by atoms with E-state index in [1.807, 2.05) is 19.1 Å². The second kappa shape index (κ2) is 9.25. The topological polar surface area (TPSA) is 105 Å². The number of nitrogens with one attached hydrogen (secondary N) is 1. The van der Waals surface area contributed by atoms with Gasteiger partial charge in [0.2, 0.25) is 0 Å². The van der Waals surface area contributed by atoms with Crippen LogP contribution in [-0.4, -0.2) is 49.2 Å². The average molecular weight is 390 g/mol. The highest BCUT2D eigenvalue weighted by Gasteiger charge is 2.32. The van der Waals surface area contributed by atoms with E-state index in [-0.39, 0.29) is 19.1 Å². The van der Waals surface area contributed by atoms with E-state index >= 15 is 0 Å². The van der Waals surface area contributed by atoms with Gasteiger partial charge in [-0.15, -0.1) is 0 Å². The smallest absolute Gasteiger partial charge is 0.341 e. The van der Waals surface area contributed by atoms with Gasteiger partial charge in [-0.3, -0.25) is 4.79 Å². The van der Waals surface area contributed by atoms with Crippen LogP contribution in [0.25, 0.3) is 0 Å². The van der Waals surface area contributed by atoms with Crippen molar-refractivity contribution in [1.29, 1.82) is 0 Å². The van der Waals surface area contributed by atoms with Crippen molar-refractivity contribution in [3.8, 4) is 5.75 Å². The Balaban J connectivity index is 2.39. The molecule has 2 rings (SSSR count). The van der Waals surface area contributed by atoms with Crippen molar-refractivity contribution < 1.29 is 29.0 Å². The maximum atomic E-state index is 12.3. The molecule has 0 saturated carbocycles. The highest BCUT2D eigenvalue weighted by atomic mass is 16.5. The number of carboxylic acid groups (broad SMARTS) is 1. The number of hydrogen-bond acceptors (Lipinski definition) is 5. The summed E-state index contributed by atoms with van der Waals surface area (Å²) in [7, 11) is 4.78. The van der Waals surface area contributed by atoms with Gasteiger partial charge in [0.1, 0.15) is 12.4 Å². The molecule has 1 heterocycles. The lowest BCUT2D eigenvalue weighted by Crippen LogP contribution is -2.29. The second-order valence-electron chi connectivity index (χ2n) is 6.71. The second-order valence-corrected chi connectivity index (χ2v) is 6.71. The summed E-state index contributed by atoms with van der Waals surface area (Å²) in [6.45, 7) is 2.01. The van der Waals surface area contributed by atoms with E-state index < -0.39 is 11.9 Å². The van der Waals surface area contributed by atoms with E-state index in [0.29, 0.717) is 36.3 Å². The molecule has 2 N–H and O–H groups in total. The number of fused-ring (bicyclic) bond motifs is 1. The number of carbonyl (C=O) groups is 3. The van der Waals surface area contributed by atoms with Crippen molar-refractivity contribution in [2.75, 3.05) is 26.5 Å². The predicted octanol–water partition coefficient (Wildman–Crippen LogP) is 3.12. The van der Waals surface area contributed by atoms with Crippen LogP contribution < -0.4 is 10.1 Å². The number of cyclic esters (lactones) is 1. The Labute approximate surface area is 164 Å². The number of amides is 2. The van der Waals surface area contributed by atoms with E-state index in [9.17, 15) is 14.4 Å². The van der Waals surface area contributed by atoms with Gasteiger partial charge in [-0.05, 0) is 31.7 Å². The molecule has 1 aliphatic rings. The number of methoxy groups -OCH3 is 1. The fourth-order valence-electron chi connectivity index (χ4n) is 3.12. The van der Waals surface area contributed by atoms with Crippen LogP contribution in [0.4, 0.5) is 10.5 Å². The minimum absolute atomic E-state index is 0.0771. The maximum absolute atomic E-state index is 12.3. The maximum Gasteiger partial charge on any atom is 0.341 e. The molecule has 8 nitrogen and oxygen atoms in total. The van der Waals surface area contributed by atoms with Crippen LogP contribution in [0.5, 0.6) is 5.75 Å². The minimum atomic E-state index is -0.840. The van der Waals surface area contributed by atoms with E-state index in [0.717, 1.165) is 16.7 Å². The lowest BCUT2D eigenvalue weighted by atomic mass is 9.93. The van der Waals surface area contributed by atoms with Crippen molar-refractivity contribution >= 4 is 23.7 Å². The molecule has 0 unspecified atom stereocenters. The zero-order valence-corrected chi connectivity index (χ0v) is 16.6. The molecule has 2 amide bonds. The molecule has 28 heavy (non-hydrogen) atoms. The van der Waals surface area contributed by atoms with Crippen LogP contribution in [0.3, 0.4) is 0 Å². The Bertz CT molecular complexity index is 814. The van der Waals surface area contributed by atoms with Gasteiger partial charge >= 0.3 is 18.0 Å². The molecule has 0 radical (unpaired) electrons. The van der Waals surface area contributed by atoms with Crippen molar-refractivity contribution in [3.63, 3.8) is 0 Å². The summed E-state index contributed by atoms with van der Waals surface area (Å²) in [5, 5.41) is 11.5. The van der Waals surface area contributed by atoms with Crippen LogP contribution in [0, 0.1) is 6.92 Å². The summed E-state index contributed by atoms with van der Waals surface area (Å²) in [6.07, 6.45) is 5.35. The highest BCUT2D eigenvalue weighted by Crippen LogP contribution is 2.41. The first-order chi connectivity index (χ1) is 13.3. The first-order valence-corrected chi connectivity index (χ1v) is 9.02. The average Bonchev–Trinajstić information content (AvgIpc) is 3.02. The Hall–Kier alpha value is -3.03. The van der Waals surface area contributed by atoms with E-state index in [2.05, 4.69) is 5.32 Å². The summed E-state index contributed by atoms with van der Waals surface area (Å²) < 4.78 is 10.8. The van der Waals surface area contributed by atoms with Crippen molar-refractivity contribution in [2.24, 2.45) is 0 Å². The third-order valence-corrected chi connectivity index (χ3v) is 4.57. The van der Waals surface area contributed by atoms with Gasteiger partial charge in [0.05, 0.1) is 18.4 Å². The molecule has 0 aromatic heterocycles. The number of allylic oxidation sites excluding steroid dienone is 2. The summed E-state index contributed by atoms with van der Waals surface area (Å²) >= 11 is 0. The van der Waals surface area contributed by atoms with E-state index in [1.54, 1.807) is 21.2 Å². The summed E-state index contributed by atoms with van der Waals surface area (Å²) in [5.41, 5.74) is 3.04. The lowest BCUT2D eigenvalue weighted by Gasteiger charge is -2.21. The van der Waals surface area contributed by atoms with Crippen LogP contribution in [-0.2, 0) is 22.6 Å². The number of carbonyl (C=O) groups excluding carboxylic acids is 2. The SMILES string of the molecule is COc1c(C)c2c(c(NC(=O)N(C)C)c1CC/C=C/CCC(=O)O)C(=O)OC2. The predicted molar refractivity (Wildman–Crippen MR) is 104 cm³/mol. The molecule has 0 atom stereocenters. The van der Waals surface area contributed by atoms with Gasteiger partial charge < -0.3 is 24.8 Å². The minimum Gasteiger partial charge on any atom is -0.496 e. The van der Waals surface area contributed by atoms with Gasteiger partial charge in [-0.25, -0.2) is 9.59 Å². The number of esters is 1. The van der Waals surface area contributed by atoms with Crippen molar-refractivity contribution in [1.82, 2.24) is 4.90 Å². The molecule has 8 heteroatoms. The van der Waals surface area contributed by atoms with Gasteiger partial charge in [0.15, 0.2) is 0 Å². The molecule has 0 saturated heterocycles. The van der Waals surface area contributed by atoms with Crippen LogP contribution >= 0.6 is 0 Å². The molecule has 0 aliphatic carbocycles. The molecular weight excluding hydrogens is 364 g/mol. The number of urea groups is 1. The largest absolute Gasteiger partial charge is 0.496 e. The van der Waals surface area contributed by atoms with Gasteiger partial charge in [0.25, 0.3) is 0 Å². The number of benzene rings is 1. The number of ether oxygens (including phenoxy) is 2. The molecule has 0 fully saturated rings. The molecular formula is C20H26N2O6. The standard InChI is InChI=1S/C20H26N2O6/c1-12-14-11-28-19(25)16(14)17(21-20(26)22(2)3)13(18(12)27-4)9-7-5-6-8-10-15(23)24/h5-6H,7-11H2,1-4H3,(H,21,26)(H,23,24)/b6-5+. The molecule has 152 valence electrons. The third-order valence-electron chi connectivity index (χ3n) is 4.57. The Kier molecular flexibility index (Phi) is 7.03. The molecule has 1 aromatic carbocycles. The van der Waals surface area contributed by atoms with Crippen LogP contribution in [0.2, 0.25) is 0 Å². The molecule has 0 bridgehead atoms. The molecule has 0 spiro atoms. The van der Waals surface area contributed by atoms with Gasteiger partial charge in [0, 0.05) is 31.6 Å². The Morgan fingerprint density at radius 1 is 1.29 bits per heavy atom. The zero-order valence-electron chi connectivity index (χ0n) is 16.6. The van der Waals surface area contributed by atoms with Crippen LogP contribution in [0.1, 0.15) is 46.3 Å². The first kappa shape index (κ1) is 21.3. The van der Waals surface area contributed by atoms with E-state index in [1.165, 1.54) is 4.90 Å². The monoisotopic (exact) mass is 390 g/mol. The normalized spacial score (nSPS) is 12.6. The number of anilines is 1. The van der Waals surface area contributed by atoms with Gasteiger partial charge in [-0.1, -0.05) is 12.2 Å². The van der Waals surface area contributed by atoms with E-state index in [4.69, 9.17) is 14.6 Å². The Morgan fingerprint density at radius 3 is 2.57 bits per heavy atom. The number of hydrogen-bond donors (Lipinski definition) is 2. The fourth-order valence-corrected chi connectivity index (χ4v) is 3.12. The third kappa shape index (κ3) is 4.62. The summed E-state index contributed by atoms with van der Waals surface area (Å²) in [4.78, 5) is 36.6. The molecule has 1 aromatic rings. The quantitative estimate of drug-likeness (QED) is 0.522. The van der Waals surface area contributed by atoms with Crippen molar-refractivity contribution in [3.05, 3.63) is 34.4 Å². The number of aliphatic carboxylic acids is 1. The first-order valence-electron chi connectivity index (χ1n) is 9.02. The summed E-state index contributed by atoms with van der Waals surface area (Å²) in [6, 6.07) is -0.356. The van der Waals surface area contributed by atoms with Gasteiger partial charge in [-0.2, -0.15) is 0 Å². The Morgan fingerprint density at radius 2 is 1.96 bits per heavy atom. The van der Waals surface area contributed by atoms with Crippen LogP contribution in [0.15, 0.2) is 12.2 Å². The number of carboxylic acids is 1. The number of rotatable bonds is 8. The highest BCUT2D eigenvalue weighted by molar-refractivity contribution is 6.05. The fraction of sp³-hybridized carbons (Fsp3) is 0.450. The summed E-state index contributed by atoms with van der Waals surface area (Å²) in [5.74, 6) is -0.689. The zero-order chi connectivity index (χ0) is 20.8. The lowest BCUT2D eigenvalue weighted by molar-refractivity contribution is -0.136. The van der Waals surface area contributed by atoms with Crippen molar-refractivity contribution in [2.45, 2.75) is 39.2 Å². The number of nitrogens with zero attached hydrogens (tertiary/aromatic N) is 1. The molecule has 1 aliphatic heterocycles.